The zero-order chi connectivity index (χ0) is 18.6. The first-order chi connectivity index (χ1) is 13.2. The van der Waals surface area contributed by atoms with Crippen molar-refractivity contribution in [1.82, 2.24) is 19.7 Å². The summed E-state index contributed by atoms with van der Waals surface area (Å²) in [5.74, 6) is 1.55. The van der Waals surface area contributed by atoms with Gasteiger partial charge in [-0.1, -0.05) is 12.1 Å². The van der Waals surface area contributed by atoms with Crippen LogP contribution in [0.2, 0.25) is 0 Å². The molecule has 3 aromatic rings. The Bertz CT molecular complexity index is 882. The predicted octanol–water partition coefficient (Wildman–Crippen LogP) is 2.26. The summed E-state index contributed by atoms with van der Waals surface area (Å²) in [6.45, 7) is 2.25. The minimum atomic E-state index is -0.278. The fourth-order valence-electron chi connectivity index (χ4n) is 3.43. The molecule has 1 aliphatic rings. The molecule has 27 heavy (non-hydrogen) atoms. The molecule has 2 aromatic heterocycles. The summed E-state index contributed by atoms with van der Waals surface area (Å²) in [5, 5.41) is 14.2. The second kappa shape index (κ2) is 7.75. The number of aromatic nitrogens is 4. The lowest BCUT2D eigenvalue weighted by atomic mass is 10.1. The minimum absolute atomic E-state index is 0.278. The lowest BCUT2D eigenvalue weighted by Crippen LogP contribution is -2.38. The summed E-state index contributed by atoms with van der Waals surface area (Å²) < 4.78 is 1.85. The van der Waals surface area contributed by atoms with Gasteiger partial charge in [-0.05, 0) is 42.7 Å². The molecule has 3 heterocycles. The van der Waals surface area contributed by atoms with Gasteiger partial charge in [-0.2, -0.15) is 10.1 Å². The van der Waals surface area contributed by atoms with Gasteiger partial charge in [0.2, 0.25) is 5.95 Å². The van der Waals surface area contributed by atoms with Gasteiger partial charge in [-0.3, -0.25) is 0 Å². The number of piperidine rings is 1. The van der Waals surface area contributed by atoms with Gasteiger partial charge in [0.25, 0.3) is 0 Å². The normalized spacial score (nSPS) is 17.1. The van der Waals surface area contributed by atoms with E-state index in [1.807, 2.05) is 47.1 Å². The molecule has 1 atom stereocenters. The van der Waals surface area contributed by atoms with Crippen molar-refractivity contribution in [2.24, 2.45) is 0 Å². The van der Waals surface area contributed by atoms with E-state index in [0.29, 0.717) is 19.0 Å². The van der Waals surface area contributed by atoms with Crippen molar-refractivity contribution in [1.29, 1.82) is 0 Å². The monoisotopic (exact) mass is 364 g/mol. The second-order valence-corrected chi connectivity index (χ2v) is 6.93. The van der Waals surface area contributed by atoms with Crippen LogP contribution in [0.4, 0.5) is 11.8 Å². The van der Waals surface area contributed by atoms with Crippen LogP contribution < -0.4 is 9.80 Å². The molecule has 1 aromatic carbocycles. The van der Waals surface area contributed by atoms with Crippen LogP contribution in [0.5, 0.6) is 0 Å². The number of hydrogen-bond donors (Lipinski definition) is 1. The number of anilines is 2. The molecule has 0 spiro atoms. The maximum Gasteiger partial charge on any atom is 0.227 e. The molecule has 1 N–H and O–H groups in total. The highest BCUT2D eigenvalue weighted by atomic mass is 16.3. The summed E-state index contributed by atoms with van der Waals surface area (Å²) in [6, 6.07) is 12.1. The zero-order valence-electron chi connectivity index (χ0n) is 15.4. The standard InChI is InChI=1S/C20H24N6O/c1-24(14-16-5-2-6-17(13-16)26-12-4-9-22-26)20-21-10-8-19(23-20)25-11-3-7-18(27)15-25/h2,4-6,8-10,12-13,18,27H,3,7,11,14-15H2,1H3/t18-/m1/s1. The van der Waals surface area contributed by atoms with Crippen molar-refractivity contribution in [2.75, 3.05) is 29.9 Å². The first-order valence-electron chi connectivity index (χ1n) is 9.25. The number of nitrogens with zero attached hydrogens (tertiary/aromatic N) is 6. The number of rotatable bonds is 5. The molecule has 0 unspecified atom stereocenters. The Labute approximate surface area is 158 Å². The van der Waals surface area contributed by atoms with E-state index >= 15 is 0 Å². The Morgan fingerprint density at radius 3 is 2.96 bits per heavy atom. The summed E-state index contributed by atoms with van der Waals surface area (Å²) in [6.07, 6.45) is 7.06. The average Bonchev–Trinajstić information content (AvgIpc) is 3.23. The molecule has 0 radical (unpaired) electrons. The number of hydrogen-bond acceptors (Lipinski definition) is 6. The third-order valence-electron chi connectivity index (χ3n) is 4.79. The molecule has 4 rings (SSSR count). The molecule has 7 heteroatoms. The molecule has 0 aliphatic carbocycles. The highest BCUT2D eigenvalue weighted by Crippen LogP contribution is 2.20. The van der Waals surface area contributed by atoms with E-state index in [1.165, 1.54) is 0 Å². The molecule has 1 aliphatic heterocycles. The Morgan fingerprint density at radius 1 is 1.22 bits per heavy atom. The van der Waals surface area contributed by atoms with Crippen LogP contribution in [0, 0.1) is 0 Å². The van der Waals surface area contributed by atoms with Crippen LogP contribution >= 0.6 is 0 Å². The maximum absolute atomic E-state index is 9.92. The van der Waals surface area contributed by atoms with E-state index in [1.54, 1.807) is 12.4 Å². The van der Waals surface area contributed by atoms with E-state index in [-0.39, 0.29) is 6.10 Å². The molecule has 0 bridgehead atoms. The Balaban J connectivity index is 1.49. The van der Waals surface area contributed by atoms with E-state index in [9.17, 15) is 5.11 Å². The summed E-state index contributed by atoms with van der Waals surface area (Å²) >= 11 is 0. The quantitative estimate of drug-likeness (QED) is 0.749. The Hall–Kier alpha value is -2.93. The maximum atomic E-state index is 9.92. The van der Waals surface area contributed by atoms with Gasteiger partial charge >= 0.3 is 0 Å². The van der Waals surface area contributed by atoms with Gasteiger partial charge in [0.05, 0.1) is 11.8 Å². The zero-order valence-corrected chi connectivity index (χ0v) is 15.4. The third-order valence-corrected chi connectivity index (χ3v) is 4.79. The molecule has 140 valence electrons. The van der Waals surface area contributed by atoms with Gasteiger partial charge in [-0.15, -0.1) is 0 Å². The molecule has 0 amide bonds. The second-order valence-electron chi connectivity index (χ2n) is 6.93. The third kappa shape index (κ3) is 4.09. The van der Waals surface area contributed by atoms with Crippen LogP contribution in [0.15, 0.2) is 55.0 Å². The predicted molar refractivity (Wildman–Crippen MR) is 105 cm³/mol. The fourth-order valence-corrected chi connectivity index (χ4v) is 3.43. The van der Waals surface area contributed by atoms with Gasteiger partial charge in [-0.25, -0.2) is 9.67 Å². The molecule has 7 nitrogen and oxygen atoms in total. The van der Waals surface area contributed by atoms with Crippen molar-refractivity contribution < 1.29 is 5.11 Å². The SMILES string of the molecule is CN(Cc1cccc(-n2cccn2)c1)c1nccc(N2CCC[C@@H](O)C2)n1. The van der Waals surface area contributed by atoms with Crippen LogP contribution in [0.3, 0.4) is 0 Å². The van der Waals surface area contributed by atoms with E-state index in [4.69, 9.17) is 4.98 Å². The number of aliphatic hydroxyl groups is 1. The van der Waals surface area contributed by atoms with Gasteiger partial charge in [0, 0.05) is 45.3 Å². The fraction of sp³-hybridized carbons (Fsp3) is 0.350. The van der Waals surface area contributed by atoms with Crippen molar-refractivity contribution >= 4 is 11.8 Å². The Kier molecular flexibility index (Phi) is 5.02. The van der Waals surface area contributed by atoms with E-state index in [2.05, 4.69) is 27.1 Å². The summed E-state index contributed by atoms with van der Waals surface area (Å²) in [4.78, 5) is 13.3. The van der Waals surface area contributed by atoms with Gasteiger partial charge in [0.1, 0.15) is 5.82 Å². The van der Waals surface area contributed by atoms with E-state index in [0.717, 1.165) is 36.5 Å². The molecule has 1 saturated heterocycles. The first kappa shape index (κ1) is 17.5. The van der Waals surface area contributed by atoms with Crippen molar-refractivity contribution in [3.8, 4) is 5.69 Å². The van der Waals surface area contributed by atoms with Gasteiger partial charge < -0.3 is 14.9 Å². The Morgan fingerprint density at radius 2 is 2.15 bits per heavy atom. The van der Waals surface area contributed by atoms with Gasteiger partial charge in [0.15, 0.2) is 0 Å². The van der Waals surface area contributed by atoms with E-state index < -0.39 is 0 Å². The van der Waals surface area contributed by atoms with Crippen molar-refractivity contribution in [3.63, 3.8) is 0 Å². The smallest absolute Gasteiger partial charge is 0.227 e. The highest BCUT2D eigenvalue weighted by molar-refractivity contribution is 5.45. The average molecular weight is 364 g/mol. The largest absolute Gasteiger partial charge is 0.391 e. The lowest BCUT2D eigenvalue weighted by Gasteiger charge is -2.31. The molecule has 1 fully saturated rings. The van der Waals surface area contributed by atoms with Crippen molar-refractivity contribution in [3.05, 3.63) is 60.6 Å². The molecule has 0 saturated carbocycles. The topological polar surface area (TPSA) is 70.3 Å². The van der Waals surface area contributed by atoms with Crippen molar-refractivity contribution in [2.45, 2.75) is 25.5 Å². The number of benzene rings is 1. The summed E-state index contributed by atoms with van der Waals surface area (Å²) in [7, 11) is 1.99. The summed E-state index contributed by atoms with van der Waals surface area (Å²) in [5.41, 5.74) is 2.19. The van der Waals surface area contributed by atoms with Crippen LogP contribution in [0.25, 0.3) is 5.69 Å². The lowest BCUT2D eigenvalue weighted by molar-refractivity contribution is 0.154. The number of β-amino-alcohol motifs (C(OH)–C–C–N with tert-alkyl or cyclic N) is 1. The van der Waals surface area contributed by atoms with Crippen LogP contribution in [-0.2, 0) is 6.54 Å². The van der Waals surface area contributed by atoms with Crippen LogP contribution in [-0.4, -0.2) is 51.1 Å². The number of aliphatic hydroxyl groups excluding tert-OH is 1. The molecular weight excluding hydrogens is 340 g/mol. The first-order valence-corrected chi connectivity index (χ1v) is 9.25. The van der Waals surface area contributed by atoms with Crippen LogP contribution in [0.1, 0.15) is 18.4 Å². The highest BCUT2D eigenvalue weighted by Gasteiger charge is 2.19. The molecular formula is C20H24N6O. The minimum Gasteiger partial charge on any atom is -0.391 e.